The minimum absolute atomic E-state index is 0.270. The van der Waals surface area contributed by atoms with Gasteiger partial charge in [0.05, 0.1) is 18.3 Å². The van der Waals surface area contributed by atoms with Crippen molar-refractivity contribution in [2.45, 2.75) is 58.0 Å². The molecule has 2 heterocycles. The molecule has 0 aromatic rings. The van der Waals surface area contributed by atoms with E-state index in [1.165, 1.54) is 25.9 Å². The molecule has 0 saturated carbocycles. The number of aliphatic hydroxyl groups is 1. The van der Waals surface area contributed by atoms with Crippen LogP contribution in [-0.2, 0) is 4.74 Å². The number of hydrogen-bond donors (Lipinski definition) is 1. The van der Waals surface area contributed by atoms with Crippen molar-refractivity contribution in [2.24, 2.45) is 0 Å². The van der Waals surface area contributed by atoms with E-state index >= 15 is 0 Å². The smallest absolute Gasteiger partial charge is 0.0793 e. The zero-order valence-corrected chi connectivity index (χ0v) is 14.9. The number of piperidine rings is 1. The summed E-state index contributed by atoms with van der Waals surface area (Å²) in [7, 11) is 2.17. The molecule has 130 valence electrons. The Morgan fingerprint density at radius 3 is 2.27 bits per heavy atom. The molecule has 0 bridgehead atoms. The van der Waals surface area contributed by atoms with Gasteiger partial charge in [0.25, 0.3) is 0 Å². The molecule has 0 spiro atoms. The molecule has 3 unspecified atom stereocenters. The normalized spacial score (nSPS) is 30.8. The van der Waals surface area contributed by atoms with Crippen molar-refractivity contribution in [1.82, 2.24) is 14.7 Å². The Labute approximate surface area is 136 Å². The third-order valence-electron chi connectivity index (χ3n) is 5.09. The maximum atomic E-state index is 10.4. The van der Waals surface area contributed by atoms with Gasteiger partial charge in [-0.2, -0.15) is 0 Å². The summed E-state index contributed by atoms with van der Waals surface area (Å²) in [5.74, 6) is 0. The van der Waals surface area contributed by atoms with Crippen molar-refractivity contribution in [3.8, 4) is 0 Å². The highest BCUT2D eigenvalue weighted by molar-refractivity contribution is 4.81. The first-order valence-corrected chi connectivity index (χ1v) is 8.96. The summed E-state index contributed by atoms with van der Waals surface area (Å²) in [6, 6.07) is 0.625. The van der Waals surface area contributed by atoms with Gasteiger partial charge in [0.1, 0.15) is 0 Å². The Kier molecular flexibility index (Phi) is 7.09. The Balaban J connectivity index is 1.71. The van der Waals surface area contributed by atoms with Crippen molar-refractivity contribution in [2.75, 3.05) is 52.9 Å². The summed E-state index contributed by atoms with van der Waals surface area (Å²) in [6.07, 6.45) is 2.72. The molecule has 22 heavy (non-hydrogen) atoms. The van der Waals surface area contributed by atoms with E-state index in [2.05, 4.69) is 42.5 Å². The van der Waals surface area contributed by atoms with Crippen LogP contribution >= 0.6 is 0 Å². The van der Waals surface area contributed by atoms with Gasteiger partial charge in [0.15, 0.2) is 0 Å². The van der Waals surface area contributed by atoms with E-state index < -0.39 is 0 Å². The second-order valence-electron chi connectivity index (χ2n) is 7.23. The number of morpholine rings is 1. The summed E-state index contributed by atoms with van der Waals surface area (Å²) >= 11 is 0. The Morgan fingerprint density at radius 1 is 1.14 bits per heavy atom. The summed E-state index contributed by atoms with van der Waals surface area (Å²) in [5.41, 5.74) is 0. The first-order chi connectivity index (χ1) is 10.5. The molecule has 0 radical (unpaired) electrons. The lowest BCUT2D eigenvalue weighted by molar-refractivity contribution is -0.0784. The van der Waals surface area contributed by atoms with Gasteiger partial charge in [-0.15, -0.1) is 0 Å². The van der Waals surface area contributed by atoms with Crippen LogP contribution < -0.4 is 0 Å². The first-order valence-electron chi connectivity index (χ1n) is 8.96. The molecule has 2 saturated heterocycles. The second-order valence-corrected chi connectivity index (χ2v) is 7.23. The van der Waals surface area contributed by atoms with Crippen LogP contribution in [-0.4, -0.2) is 97.0 Å². The lowest BCUT2D eigenvalue weighted by atomic mass is 10.0. The Morgan fingerprint density at radius 2 is 1.73 bits per heavy atom. The molecule has 2 rings (SSSR count). The van der Waals surface area contributed by atoms with Gasteiger partial charge >= 0.3 is 0 Å². The molecular weight excluding hydrogens is 278 g/mol. The Hall–Kier alpha value is -0.200. The molecule has 3 atom stereocenters. The quantitative estimate of drug-likeness (QED) is 0.788. The number of rotatable bonds is 6. The van der Waals surface area contributed by atoms with Crippen LogP contribution in [0.3, 0.4) is 0 Å². The van der Waals surface area contributed by atoms with Crippen molar-refractivity contribution in [1.29, 1.82) is 0 Å². The van der Waals surface area contributed by atoms with Gasteiger partial charge in [-0.1, -0.05) is 6.92 Å². The van der Waals surface area contributed by atoms with E-state index in [9.17, 15) is 5.11 Å². The van der Waals surface area contributed by atoms with Crippen LogP contribution in [0.4, 0.5) is 0 Å². The minimum atomic E-state index is -0.272. The zero-order chi connectivity index (χ0) is 16.1. The molecule has 5 nitrogen and oxygen atoms in total. The maximum absolute atomic E-state index is 10.4. The second kappa shape index (κ2) is 8.60. The van der Waals surface area contributed by atoms with Gasteiger partial charge in [0.2, 0.25) is 0 Å². The molecule has 1 N–H and O–H groups in total. The Bertz CT molecular complexity index is 311. The van der Waals surface area contributed by atoms with E-state index in [1.54, 1.807) is 0 Å². The van der Waals surface area contributed by atoms with Crippen LogP contribution in [0.25, 0.3) is 0 Å². The molecule has 0 amide bonds. The van der Waals surface area contributed by atoms with Gasteiger partial charge in [-0.05, 0) is 53.4 Å². The lowest BCUT2D eigenvalue weighted by Crippen LogP contribution is -2.51. The predicted octanol–water partition coefficient (Wildman–Crippen LogP) is 0.873. The highest BCUT2D eigenvalue weighted by Gasteiger charge is 2.26. The largest absolute Gasteiger partial charge is 0.390 e. The van der Waals surface area contributed by atoms with Gasteiger partial charge < -0.3 is 19.6 Å². The van der Waals surface area contributed by atoms with E-state index in [-0.39, 0.29) is 18.3 Å². The van der Waals surface area contributed by atoms with Crippen LogP contribution in [0, 0.1) is 0 Å². The zero-order valence-electron chi connectivity index (χ0n) is 14.9. The van der Waals surface area contributed by atoms with E-state index in [0.29, 0.717) is 6.04 Å². The number of aliphatic hydroxyl groups excluding tert-OH is 1. The van der Waals surface area contributed by atoms with Gasteiger partial charge in [-0.25, -0.2) is 0 Å². The third kappa shape index (κ3) is 5.46. The van der Waals surface area contributed by atoms with Crippen molar-refractivity contribution in [3.63, 3.8) is 0 Å². The van der Waals surface area contributed by atoms with Crippen molar-refractivity contribution in [3.05, 3.63) is 0 Å². The summed E-state index contributed by atoms with van der Waals surface area (Å²) in [6.45, 7) is 13.4. The van der Waals surface area contributed by atoms with Crippen LogP contribution in [0.15, 0.2) is 0 Å². The average Bonchev–Trinajstić information content (AvgIpc) is 2.46. The van der Waals surface area contributed by atoms with Gasteiger partial charge in [0, 0.05) is 32.2 Å². The van der Waals surface area contributed by atoms with E-state index in [1.807, 2.05) is 0 Å². The highest BCUT2D eigenvalue weighted by atomic mass is 16.5. The molecule has 0 aromatic heterocycles. The van der Waals surface area contributed by atoms with Crippen molar-refractivity contribution < 1.29 is 9.84 Å². The van der Waals surface area contributed by atoms with E-state index in [4.69, 9.17) is 4.74 Å². The molecule has 2 fully saturated rings. The number of likely N-dealkylation sites (N-methyl/N-ethyl adjacent to an activating group) is 1. The minimum Gasteiger partial charge on any atom is -0.390 e. The number of hydrogen-bond acceptors (Lipinski definition) is 5. The standard InChI is InChI=1S/C17H35N3O2/c1-5-19-8-6-16(7-9-19)18(4)12-17(21)13-20-10-14(2)22-15(3)11-20/h14-17,21H,5-13H2,1-4H3. The molecule has 2 aliphatic rings. The fourth-order valence-corrected chi connectivity index (χ4v) is 3.95. The molecular formula is C17H35N3O2. The maximum Gasteiger partial charge on any atom is 0.0793 e. The molecule has 0 aliphatic carbocycles. The van der Waals surface area contributed by atoms with Crippen LogP contribution in [0.1, 0.15) is 33.6 Å². The number of likely N-dealkylation sites (tertiary alicyclic amines) is 1. The fourth-order valence-electron chi connectivity index (χ4n) is 3.95. The molecule has 2 aliphatic heterocycles. The SMILES string of the molecule is CCN1CCC(N(C)CC(O)CN2CC(C)OC(C)C2)CC1. The predicted molar refractivity (Wildman–Crippen MR) is 90.2 cm³/mol. The third-order valence-corrected chi connectivity index (χ3v) is 5.09. The molecule has 5 heteroatoms. The van der Waals surface area contributed by atoms with Crippen LogP contribution in [0.5, 0.6) is 0 Å². The fraction of sp³-hybridized carbons (Fsp3) is 1.00. The van der Waals surface area contributed by atoms with Crippen LogP contribution in [0.2, 0.25) is 0 Å². The number of ether oxygens (including phenoxy) is 1. The summed E-state index contributed by atoms with van der Waals surface area (Å²) < 4.78 is 5.76. The number of β-amino-alcohol motifs (C(OH)–C–C–N with tert-alkyl or cyclic N) is 1. The number of nitrogens with zero attached hydrogens (tertiary/aromatic N) is 3. The summed E-state index contributed by atoms with van der Waals surface area (Å²) in [4.78, 5) is 7.22. The first kappa shape index (κ1) is 18.1. The highest BCUT2D eigenvalue weighted by Crippen LogP contribution is 2.16. The van der Waals surface area contributed by atoms with Gasteiger partial charge in [-0.3, -0.25) is 4.90 Å². The van der Waals surface area contributed by atoms with E-state index in [0.717, 1.165) is 32.7 Å². The van der Waals surface area contributed by atoms with Crippen molar-refractivity contribution >= 4 is 0 Å². The average molecular weight is 313 g/mol. The topological polar surface area (TPSA) is 39.2 Å². The molecule has 0 aromatic carbocycles. The lowest BCUT2D eigenvalue weighted by Gasteiger charge is -2.39. The monoisotopic (exact) mass is 313 g/mol. The summed E-state index contributed by atoms with van der Waals surface area (Å²) in [5, 5.41) is 10.4.